The number of benzene rings is 1. The molecule has 0 saturated heterocycles. The van der Waals surface area contributed by atoms with Gasteiger partial charge in [0.2, 0.25) is 0 Å². The fourth-order valence-corrected chi connectivity index (χ4v) is 2.76. The lowest BCUT2D eigenvalue weighted by Gasteiger charge is -2.04. The van der Waals surface area contributed by atoms with Gasteiger partial charge < -0.3 is 9.84 Å². The van der Waals surface area contributed by atoms with Crippen LogP contribution in [0.2, 0.25) is 0 Å². The standard InChI is InChI=1S/C16H16O2S2/c1-19-14-7-5-13(6-8-14)18-12-16-10-9-15(20-16)4-2-3-11-17/h5-10,17H,3,11-12H2,1H3. The van der Waals surface area contributed by atoms with E-state index in [1.807, 2.05) is 24.3 Å². The second-order valence-corrected chi connectivity index (χ2v) is 6.05. The number of rotatable bonds is 5. The molecule has 0 saturated carbocycles. The maximum Gasteiger partial charge on any atom is 0.122 e. The molecule has 0 fully saturated rings. The molecule has 0 amide bonds. The molecule has 0 atom stereocenters. The lowest BCUT2D eigenvalue weighted by atomic mass is 10.3. The molecule has 0 aliphatic carbocycles. The predicted molar refractivity (Wildman–Crippen MR) is 85.5 cm³/mol. The molecule has 20 heavy (non-hydrogen) atoms. The van der Waals surface area contributed by atoms with E-state index in [9.17, 15) is 0 Å². The normalized spacial score (nSPS) is 9.90. The summed E-state index contributed by atoms with van der Waals surface area (Å²) in [6.45, 7) is 0.672. The van der Waals surface area contributed by atoms with Crippen molar-refractivity contribution in [1.82, 2.24) is 0 Å². The Balaban J connectivity index is 1.89. The van der Waals surface area contributed by atoms with E-state index in [0.29, 0.717) is 13.0 Å². The highest BCUT2D eigenvalue weighted by Crippen LogP contribution is 2.21. The monoisotopic (exact) mass is 304 g/mol. The van der Waals surface area contributed by atoms with E-state index < -0.39 is 0 Å². The summed E-state index contributed by atoms with van der Waals surface area (Å²) in [6, 6.07) is 12.1. The van der Waals surface area contributed by atoms with Gasteiger partial charge in [0.25, 0.3) is 0 Å². The first-order chi connectivity index (χ1) is 9.81. The molecule has 1 aromatic heterocycles. The SMILES string of the molecule is CSc1ccc(OCc2ccc(C#CCCO)s2)cc1. The fourth-order valence-electron chi connectivity index (χ4n) is 1.55. The van der Waals surface area contributed by atoms with Crippen LogP contribution in [-0.2, 0) is 6.61 Å². The molecule has 0 aliphatic heterocycles. The summed E-state index contributed by atoms with van der Waals surface area (Å²) in [4.78, 5) is 3.39. The maximum atomic E-state index is 8.68. The van der Waals surface area contributed by atoms with Crippen molar-refractivity contribution in [3.05, 3.63) is 46.2 Å². The molecule has 4 heteroatoms. The molecule has 0 aliphatic rings. The van der Waals surface area contributed by atoms with Crippen molar-refractivity contribution in [3.8, 4) is 17.6 Å². The summed E-state index contributed by atoms with van der Waals surface area (Å²) in [5.41, 5.74) is 0. The van der Waals surface area contributed by atoms with Gasteiger partial charge in [-0.1, -0.05) is 11.8 Å². The number of thioether (sulfide) groups is 1. The average Bonchev–Trinajstić information content (AvgIpc) is 2.94. The summed E-state index contributed by atoms with van der Waals surface area (Å²) in [5, 5.41) is 8.68. The van der Waals surface area contributed by atoms with Gasteiger partial charge in [0.1, 0.15) is 12.4 Å². The second kappa shape index (κ2) is 8.01. The molecule has 2 aromatic rings. The zero-order valence-corrected chi connectivity index (χ0v) is 12.9. The number of aliphatic hydroxyl groups is 1. The van der Waals surface area contributed by atoms with Crippen LogP contribution in [0.25, 0.3) is 0 Å². The van der Waals surface area contributed by atoms with Crippen molar-refractivity contribution in [3.63, 3.8) is 0 Å². The van der Waals surface area contributed by atoms with Gasteiger partial charge >= 0.3 is 0 Å². The van der Waals surface area contributed by atoms with Crippen LogP contribution in [0.1, 0.15) is 16.2 Å². The highest BCUT2D eigenvalue weighted by Gasteiger charge is 2.00. The first-order valence-corrected chi connectivity index (χ1v) is 8.31. The Morgan fingerprint density at radius 3 is 2.70 bits per heavy atom. The lowest BCUT2D eigenvalue weighted by Crippen LogP contribution is -1.92. The number of ether oxygens (including phenoxy) is 1. The molecule has 2 nitrogen and oxygen atoms in total. The Labute approximate surface area is 127 Å². The molecule has 1 aromatic carbocycles. The summed E-state index contributed by atoms with van der Waals surface area (Å²) < 4.78 is 5.74. The number of hydrogen-bond donors (Lipinski definition) is 1. The van der Waals surface area contributed by atoms with Crippen LogP contribution in [-0.4, -0.2) is 18.0 Å². The fraction of sp³-hybridized carbons (Fsp3) is 0.250. The van der Waals surface area contributed by atoms with E-state index >= 15 is 0 Å². The molecule has 0 spiro atoms. The van der Waals surface area contributed by atoms with E-state index in [1.54, 1.807) is 23.1 Å². The third-order valence-electron chi connectivity index (χ3n) is 2.55. The largest absolute Gasteiger partial charge is 0.488 e. The first kappa shape index (κ1) is 15.0. The number of hydrogen-bond acceptors (Lipinski definition) is 4. The Hall–Kier alpha value is -1.41. The minimum absolute atomic E-state index is 0.111. The lowest BCUT2D eigenvalue weighted by molar-refractivity contribution is 0.305. The van der Waals surface area contributed by atoms with Crippen molar-refractivity contribution in [2.24, 2.45) is 0 Å². The quantitative estimate of drug-likeness (QED) is 0.673. The van der Waals surface area contributed by atoms with Crippen molar-refractivity contribution in [1.29, 1.82) is 0 Å². The molecule has 0 radical (unpaired) electrons. The summed E-state index contributed by atoms with van der Waals surface area (Å²) in [6.07, 6.45) is 2.58. The highest BCUT2D eigenvalue weighted by atomic mass is 32.2. The van der Waals surface area contributed by atoms with Crippen LogP contribution in [0.15, 0.2) is 41.3 Å². The van der Waals surface area contributed by atoms with Gasteiger partial charge in [-0.05, 0) is 42.7 Å². The number of thiophene rings is 1. The van der Waals surface area contributed by atoms with E-state index in [1.165, 1.54) is 4.90 Å². The third-order valence-corrected chi connectivity index (χ3v) is 4.27. The van der Waals surface area contributed by atoms with Crippen molar-refractivity contribution in [2.45, 2.75) is 17.9 Å². The van der Waals surface area contributed by atoms with Gasteiger partial charge in [-0.15, -0.1) is 23.1 Å². The minimum atomic E-state index is 0.111. The van der Waals surface area contributed by atoms with Crippen LogP contribution in [0.4, 0.5) is 0 Å². The Bertz CT molecular complexity index is 591. The average molecular weight is 304 g/mol. The molecular weight excluding hydrogens is 288 g/mol. The molecular formula is C16H16O2S2. The number of aliphatic hydroxyl groups excluding tert-OH is 1. The van der Waals surface area contributed by atoms with Crippen molar-refractivity contribution < 1.29 is 9.84 Å². The van der Waals surface area contributed by atoms with E-state index in [-0.39, 0.29) is 6.61 Å². The van der Waals surface area contributed by atoms with E-state index in [4.69, 9.17) is 9.84 Å². The molecule has 104 valence electrons. The van der Waals surface area contributed by atoms with Gasteiger partial charge in [-0.3, -0.25) is 0 Å². The van der Waals surface area contributed by atoms with Gasteiger partial charge in [0.05, 0.1) is 11.5 Å². The Kier molecular flexibility index (Phi) is 6.00. The summed E-state index contributed by atoms with van der Waals surface area (Å²) in [7, 11) is 0. The smallest absolute Gasteiger partial charge is 0.122 e. The molecule has 0 unspecified atom stereocenters. The molecule has 1 N–H and O–H groups in total. The van der Waals surface area contributed by atoms with Gasteiger partial charge in [0, 0.05) is 16.2 Å². The van der Waals surface area contributed by atoms with Crippen LogP contribution in [0.5, 0.6) is 5.75 Å². The van der Waals surface area contributed by atoms with E-state index in [2.05, 4.69) is 30.2 Å². The second-order valence-electron chi connectivity index (χ2n) is 4.01. The van der Waals surface area contributed by atoms with Gasteiger partial charge in [-0.2, -0.15) is 0 Å². The maximum absolute atomic E-state index is 8.68. The summed E-state index contributed by atoms with van der Waals surface area (Å²) in [5.74, 6) is 6.83. The molecule has 0 bridgehead atoms. The van der Waals surface area contributed by atoms with Crippen molar-refractivity contribution in [2.75, 3.05) is 12.9 Å². The minimum Gasteiger partial charge on any atom is -0.488 e. The van der Waals surface area contributed by atoms with Gasteiger partial charge in [-0.25, -0.2) is 0 Å². The van der Waals surface area contributed by atoms with Crippen LogP contribution in [0.3, 0.4) is 0 Å². The third kappa shape index (κ3) is 4.61. The highest BCUT2D eigenvalue weighted by molar-refractivity contribution is 7.98. The Morgan fingerprint density at radius 2 is 2.00 bits per heavy atom. The van der Waals surface area contributed by atoms with E-state index in [0.717, 1.165) is 15.5 Å². The van der Waals surface area contributed by atoms with Crippen molar-refractivity contribution >= 4 is 23.1 Å². The molecule has 1 heterocycles. The van der Waals surface area contributed by atoms with Gasteiger partial charge in [0.15, 0.2) is 0 Å². The zero-order valence-electron chi connectivity index (χ0n) is 11.3. The predicted octanol–water partition coefficient (Wildman–Crippen LogP) is 3.78. The Morgan fingerprint density at radius 1 is 1.20 bits per heavy atom. The molecule has 2 rings (SSSR count). The topological polar surface area (TPSA) is 29.5 Å². The van der Waals surface area contributed by atoms with Crippen LogP contribution in [0, 0.1) is 11.8 Å². The van der Waals surface area contributed by atoms with Crippen LogP contribution < -0.4 is 4.74 Å². The summed E-state index contributed by atoms with van der Waals surface area (Å²) >= 11 is 3.34. The first-order valence-electron chi connectivity index (χ1n) is 6.27. The van der Waals surface area contributed by atoms with Crippen LogP contribution >= 0.6 is 23.1 Å². The zero-order chi connectivity index (χ0) is 14.2.